The van der Waals surface area contributed by atoms with Crippen LogP contribution in [0.2, 0.25) is 0 Å². The largest absolute Gasteiger partial charge is 0.448 e. The molecule has 1 aromatic carbocycles. The van der Waals surface area contributed by atoms with E-state index in [1.165, 1.54) is 19.9 Å². The van der Waals surface area contributed by atoms with Gasteiger partial charge in [0, 0.05) is 28.7 Å². The van der Waals surface area contributed by atoms with Crippen molar-refractivity contribution in [3.05, 3.63) is 58.4 Å². The number of ketones is 1. The SMILES string of the molecule is CC(=O)c1ccc(NC(=O)[C@@H](C)OC(=O)/C(C#N)=C/c2cc(C)n(C3CC3)c2C)cc1. The molecule has 1 N–H and O–H groups in total. The minimum absolute atomic E-state index is 0.0751. The number of carbonyl (C=O) groups excluding carboxylic acids is 3. The highest BCUT2D eigenvalue weighted by Crippen LogP contribution is 2.38. The van der Waals surface area contributed by atoms with Gasteiger partial charge in [-0.1, -0.05) is 0 Å². The van der Waals surface area contributed by atoms with Crippen molar-refractivity contribution in [1.29, 1.82) is 5.26 Å². The smallest absolute Gasteiger partial charge is 0.349 e. The molecule has 1 atom stereocenters. The first-order valence-corrected chi connectivity index (χ1v) is 10.1. The molecule has 1 heterocycles. The fourth-order valence-electron chi connectivity index (χ4n) is 3.45. The monoisotopic (exact) mass is 419 g/mol. The minimum Gasteiger partial charge on any atom is -0.448 e. The highest BCUT2D eigenvalue weighted by atomic mass is 16.5. The second-order valence-electron chi connectivity index (χ2n) is 7.77. The van der Waals surface area contributed by atoms with Crippen molar-refractivity contribution in [2.24, 2.45) is 0 Å². The van der Waals surface area contributed by atoms with Gasteiger partial charge in [0.05, 0.1) is 0 Å². The maximum Gasteiger partial charge on any atom is 0.349 e. The van der Waals surface area contributed by atoms with Crippen LogP contribution in [0.4, 0.5) is 5.69 Å². The second-order valence-corrected chi connectivity index (χ2v) is 7.77. The lowest BCUT2D eigenvalue weighted by Crippen LogP contribution is -2.30. The molecule has 1 fully saturated rings. The predicted octanol–water partition coefficient (Wildman–Crippen LogP) is 4.12. The summed E-state index contributed by atoms with van der Waals surface area (Å²) in [7, 11) is 0. The number of Topliss-reactive ketones (excluding diaryl/α,β-unsaturated/α-hetero) is 1. The van der Waals surface area contributed by atoms with Gasteiger partial charge < -0.3 is 14.6 Å². The van der Waals surface area contributed by atoms with Crippen molar-refractivity contribution >= 4 is 29.4 Å². The Morgan fingerprint density at radius 1 is 1.23 bits per heavy atom. The number of hydrogen-bond acceptors (Lipinski definition) is 5. The number of carbonyl (C=O) groups is 3. The average Bonchev–Trinajstić information content (AvgIpc) is 3.51. The van der Waals surface area contributed by atoms with E-state index in [0.717, 1.165) is 29.8 Å². The lowest BCUT2D eigenvalue weighted by molar-refractivity contribution is -0.148. The van der Waals surface area contributed by atoms with Crippen LogP contribution in [0.5, 0.6) is 0 Å². The van der Waals surface area contributed by atoms with Crippen molar-refractivity contribution in [1.82, 2.24) is 4.57 Å². The van der Waals surface area contributed by atoms with Crippen molar-refractivity contribution in [3.8, 4) is 6.07 Å². The molecular weight excluding hydrogens is 394 g/mol. The maximum absolute atomic E-state index is 12.5. The molecule has 0 bridgehead atoms. The molecule has 3 rings (SSSR count). The molecule has 0 unspecified atom stereocenters. The Morgan fingerprint density at radius 3 is 2.42 bits per heavy atom. The maximum atomic E-state index is 12.5. The lowest BCUT2D eigenvalue weighted by Gasteiger charge is -2.13. The van der Waals surface area contributed by atoms with Crippen LogP contribution in [0, 0.1) is 25.2 Å². The number of nitrogens with one attached hydrogen (secondary N) is 1. The van der Waals surface area contributed by atoms with E-state index in [-0.39, 0.29) is 11.4 Å². The Labute approximate surface area is 181 Å². The Hall–Kier alpha value is -3.66. The molecule has 1 aliphatic rings. The first kappa shape index (κ1) is 22.0. The molecule has 7 heteroatoms. The number of aryl methyl sites for hydroxylation is 1. The zero-order chi connectivity index (χ0) is 22.7. The van der Waals surface area contributed by atoms with Crippen LogP contribution >= 0.6 is 0 Å². The van der Waals surface area contributed by atoms with Crippen LogP contribution in [0.25, 0.3) is 6.08 Å². The summed E-state index contributed by atoms with van der Waals surface area (Å²) in [6.07, 6.45) is 2.68. The molecule has 1 aliphatic carbocycles. The molecule has 160 valence electrons. The number of nitrogens with zero attached hydrogens (tertiary/aromatic N) is 2. The van der Waals surface area contributed by atoms with Gasteiger partial charge in [0.1, 0.15) is 11.6 Å². The van der Waals surface area contributed by atoms with Crippen LogP contribution in [0.3, 0.4) is 0 Å². The quantitative estimate of drug-likeness (QED) is 0.315. The number of ether oxygens (including phenoxy) is 1. The number of esters is 1. The summed E-state index contributed by atoms with van der Waals surface area (Å²) < 4.78 is 7.43. The van der Waals surface area contributed by atoms with Gasteiger partial charge in [-0.3, -0.25) is 9.59 Å². The number of amides is 1. The molecule has 0 spiro atoms. The normalized spacial score (nSPS) is 14.5. The van der Waals surface area contributed by atoms with Crippen LogP contribution in [-0.2, 0) is 14.3 Å². The number of rotatable bonds is 7. The van der Waals surface area contributed by atoms with E-state index in [4.69, 9.17) is 4.74 Å². The molecule has 1 amide bonds. The van der Waals surface area contributed by atoms with Crippen LogP contribution in [0.1, 0.15) is 60.0 Å². The molecule has 0 radical (unpaired) electrons. The Bertz CT molecular complexity index is 1100. The van der Waals surface area contributed by atoms with Crippen molar-refractivity contribution < 1.29 is 19.1 Å². The number of hydrogen-bond donors (Lipinski definition) is 1. The van der Waals surface area contributed by atoms with Gasteiger partial charge in [-0.15, -0.1) is 0 Å². The lowest BCUT2D eigenvalue weighted by atomic mass is 10.1. The first-order valence-electron chi connectivity index (χ1n) is 10.1. The van der Waals surface area contributed by atoms with Crippen LogP contribution in [0.15, 0.2) is 35.9 Å². The summed E-state index contributed by atoms with van der Waals surface area (Å²) in [5.41, 5.74) is 3.71. The summed E-state index contributed by atoms with van der Waals surface area (Å²) in [4.78, 5) is 36.2. The highest BCUT2D eigenvalue weighted by molar-refractivity contribution is 6.01. The zero-order valence-corrected chi connectivity index (χ0v) is 18.1. The van der Waals surface area contributed by atoms with Crippen LogP contribution < -0.4 is 5.32 Å². The molecular formula is C24H25N3O4. The van der Waals surface area contributed by atoms with E-state index in [9.17, 15) is 19.6 Å². The van der Waals surface area contributed by atoms with E-state index < -0.39 is 18.0 Å². The third kappa shape index (κ3) is 5.10. The van der Waals surface area contributed by atoms with Crippen molar-refractivity contribution in [2.45, 2.75) is 52.7 Å². The molecule has 2 aromatic rings. The fourth-order valence-corrected chi connectivity index (χ4v) is 3.45. The summed E-state index contributed by atoms with van der Waals surface area (Å²) >= 11 is 0. The van der Waals surface area contributed by atoms with Gasteiger partial charge in [0.15, 0.2) is 11.9 Å². The third-order valence-corrected chi connectivity index (χ3v) is 5.29. The molecule has 1 saturated carbocycles. The Kier molecular flexibility index (Phi) is 6.40. The van der Waals surface area contributed by atoms with Crippen LogP contribution in [-0.4, -0.2) is 28.3 Å². The van der Waals surface area contributed by atoms with Gasteiger partial charge >= 0.3 is 5.97 Å². The number of anilines is 1. The third-order valence-electron chi connectivity index (χ3n) is 5.29. The molecule has 0 saturated heterocycles. The van der Waals surface area contributed by atoms with Gasteiger partial charge in [-0.05, 0) is 82.5 Å². The van der Waals surface area contributed by atoms with E-state index in [1.54, 1.807) is 24.3 Å². The van der Waals surface area contributed by atoms with Gasteiger partial charge in [0.2, 0.25) is 0 Å². The Balaban J connectivity index is 1.66. The molecule has 0 aliphatic heterocycles. The van der Waals surface area contributed by atoms with Gasteiger partial charge in [0.25, 0.3) is 5.91 Å². The number of nitriles is 1. The molecule has 31 heavy (non-hydrogen) atoms. The minimum atomic E-state index is -1.10. The zero-order valence-electron chi connectivity index (χ0n) is 18.1. The van der Waals surface area contributed by atoms with E-state index in [2.05, 4.69) is 9.88 Å². The number of benzene rings is 1. The molecule has 7 nitrogen and oxygen atoms in total. The van der Waals surface area contributed by atoms with E-state index in [1.807, 2.05) is 26.0 Å². The summed E-state index contributed by atoms with van der Waals surface area (Å²) in [5, 5.41) is 12.1. The van der Waals surface area contributed by atoms with Gasteiger partial charge in [-0.2, -0.15) is 5.26 Å². The highest BCUT2D eigenvalue weighted by Gasteiger charge is 2.27. The first-order chi connectivity index (χ1) is 14.7. The van der Waals surface area contributed by atoms with Gasteiger partial charge in [-0.25, -0.2) is 4.79 Å². The topological polar surface area (TPSA) is 101 Å². The average molecular weight is 419 g/mol. The summed E-state index contributed by atoms with van der Waals surface area (Å²) in [6.45, 7) is 6.86. The molecule has 1 aromatic heterocycles. The standard InChI is InChI=1S/C24H25N3O4/c1-14-11-19(15(2)27(14)22-9-10-22)12-20(13-25)24(30)31-17(4)23(29)26-21-7-5-18(6-8-21)16(3)28/h5-8,11-12,17,22H,9-10H2,1-4H3,(H,26,29)/b20-12+/t17-/m1/s1. The van der Waals surface area contributed by atoms with Crippen molar-refractivity contribution in [2.75, 3.05) is 5.32 Å². The fraction of sp³-hybridized carbons (Fsp3) is 0.333. The predicted molar refractivity (Wildman–Crippen MR) is 116 cm³/mol. The van der Waals surface area contributed by atoms with E-state index in [0.29, 0.717) is 17.3 Å². The second kappa shape index (κ2) is 9.00. The Morgan fingerprint density at radius 2 is 1.87 bits per heavy atom. The summed E-state index contributed by atoms with van der Waals surface area (Å²) in [6, 6.07) is 10.7. The number of aromatic nitrogens is 1. The summed E-state index contributed by atoms with van der Waals surface area (Å²) in [5.74, 6) is -1.46. The van der Waals surface area contributed by atoms with Crippen molar-refractivity contribution in [3.63, 3.8) is 0 Å². The van der Waals surface area contributed by atoms with E-state index >= 15 is 0 Å².